The Hall–Kier alpha value is -0.520. The van der Waals surface area contributed by atoms with Crippen molar-refractivity contribution in [3.8, 4) is 0 Å². The van der Waals surface area contributed by atoms with Crippen molar-refractivity contribution in [1.29, 1.82) is 0 Å². The summed E-state index contributed by atoms with van der Waals surface area (Å²) in [6.45, 7) is 4.90. The molecule has 4 nitrogen and oxygen atoms in total. The van der Waals surface area contributed by atoms with Gasteiger partial charge in [0.2, 0.25) is 5.91 Å². The molecule has 1 amide bonds. The number of halogens is 3. The van der Waals surface area contributed by atoms with Gasteiger partial charge in [0.1, 0.15) is 0 Å². The zero-order chi connectivity index (χ0) is 15.9. The second-order valence-corrected chi connectivity index (χ2v) is 6.57. The zero-order valence-corrected chi connectivity index (χ0v) is 16.4. The Labute approximate surface area is 162 Å². The first-order valence-corrected chi connectivity index (χ1v) is 8.44. The van der Waals surface area contributed by atoms with Crippen molar-refractivity contribution in [1.82, 2.24) is 10.2 Å². The summed E-state index contributed by atoms with van der Waals surface area (Å²) in [6.07, 6.45) is 3.56. The van der Waals surface area contributed by atoms with E-state index >= 15 is 0 Å². The van der Waals surface area contributed by atoms with Crippen LogP contribution in [0.4, 0.5) is 0 Å². The van der Waals surface area contributed by atoms with Crippen molar-refractivity contribution in [2.75, 3.05) is 19.6 Å². The highest BCUT2D eigenvalue weighted by atomic mass is 35.5. The number of hydrogen-bond acceptors (Lipinski definition) is 3. The summed E-state index contributed by atoms with van der Waals surface area (Å²) < 4.78 is 0. The number of hydrogen-bond donors (Lipinski definition) is 2. The van der Waals surface area contributed by atoms with Crippen LogP contribution in [0.5, 0.6) is 0 Å². The molecule has 0 aromatic heterocycles. The van der Waals surface area contributed by atoms with Crippen LogP contribution in [0.3, 0.4) is 0 Å². The largest absolute Gasteiger partial charge is 0.354 e. The maximum atomic E-state index is 11.9. The quantitative estimate of drug-likeness (QED) is 0.776. The number of amides is 1. The Bertz CT molecular complexity index is 502. The molecule has 1 saturated heterocycles. The molecule has 3 N–H and O–H groups in total. The summed E-state index contributed by atoms with van der Waals surface area (Å²) in [5.41, 5.74) is 6.76. The van der Waals surface area contributed by atoms with Gasteiger partial charge in [0, 0.05) is 36.6 Å². The molecule has 0 bridgehead atoms. The molecule has 1 aromatic carbocycles. The fraction of sp³-hybridized carbons (Fsp3) is 0.588. The minimum absolute atomic E-state index is 0. The summed E-state index contributed by atoms with van der Waals surface area (Å²) >= 11 is 6.07. The number of benzene rings is 1. The number of nitrogens with two attached hydrogens (primary N) is 1. The first-order chi connectivity index (χ1) is 10.6. The third-order valence-corrected chi connectivity index (χ3v) is 4.57. The second-order valence-electron chi connectivity index (χ2n) is 6.13. The van der Waals surface area contributed by atoms with Crippen LogP contribution in [0.1, 0.15) is 31.7 Å². The molecule has 7 heteroatoms. The number of piperidine rings is 1. The van der Waals surface area contributed by atoms with Gasteiger partial charge in [-0.2, -0.15) is 0 Å². The predicted molar refractivity (Wildman–Crippen MR) is 105 cm³/mol. The van der Waals surface area contributed by atoms with Gasteiger partial charge >= 0.3 is 0 Å². The Balaban J connectivity index is 0.00000264. The monoisotopic (exact) mass is 395 g/mol. The van der Waals surface area contributed by atoms with Crippen molar-refractivity contribution in [2.24, 2.45) is 11.7 Å². The van der Waals surface area contributed by atoms with Crippen LogP contribution in [0.25, 0.3) is 0 Å². The summed E-state index contributed by atoms with van der Waals surface area (Å²) in [7, 11) is 0. The van der Waals surface area contributed by atoms with Gasteiger partial charge < -0.3 is 11.1 Å². The minimum atomic E-state index is -0.120. The van der Waals surface area contributed by atoms with Gasteiger partial charge in [-0.3, -0.25) is 9.69 Å². The summed E-state index contributed by atoms with van der Waals surface area (Å²) in [6, 6.07) is 8.39. The summed E-state index contributed by atoms with van der Waals surface area (Å²) in [4.78, 5) is 14.3. The van der Waals surface area contributed by atoms with E-state index in [1.54, 1.807) is 0 Å². The lowest BCUT2D eigenvalue weighted by atomic mass is 10.0. The molecule has 0 spiro atoms. The van der Waals surface area contributed by atoms with E-state index in [1.807, 2.05) is 25.1 Å². The standard InChI is InChI=1S/C17H26ClN3O.2ClH/c1-13(10-19)17(22)20-11-16-7-2-3-8-21(16)12-14-5-4-6-15(18)9-14;;/h4-6,9,13,16H,2-3,7-8,10-12,19H2,1H3,(H,20,22);2*1H. The Morgan fingerprint density at radius 3 is 2.83 bits per heavy atom. The van der Waals surface area contributed by atoms with Gasteiger partial charge in [0.25, 0.3) is 0 Å². The van der Waals surface area contributed by atoms with Gasteiger partial charge in [-0.05, 0) is 37.1 Å². The summed E-state index contributed by atoms with van der Waals surface area (Å²) in [5.74, 6) is -0.0688. The van der Waals surface area contributed by atoms with Crippen LogP contribution in [0.15, 0.2) is 24.3 Å². The molecule has 0 radical (unpaired) electrons. The number of carbonyl (C=O) groups excluding carboxylic acids is 1. The average molecular weight is 397 g/mol. The fourth-order valence-corrected chi connectivity index (χ4v) is 3.08. The molecule has 138 valence electrons. The molecule has 2 rings (SSSR count). The molecule has 1 aliphatic rings. The molecule has 1 aliphatic heterocycles. The molecule has 0 aliphatic carbocycles. The van der Waals surface area contributed by atoms with E-state index in [9.17, 15) is 4.79 Å². The number of rotatable bonds is 6. The van der Waals surface area contributed by atoms with Gasteiger partial charge in [0.05, 0.1) is 0 Å². The van der Waals surface area contributed by atoms with Gasteiger partial charge in [-0.1, -0.05) is 37.1 Å². The fourth-order valence-electron chi connectivity index (χ4n) is 2.87. The number of nitrogens with one attached hydrogen (secondary N) is 1. The van der Waals surface area contributed by atoms with Crippen molar-refractivity contribution in [2.45, 2.75) is 38.8 Å². The third kappa shape index (κ3) is 7.16. The van der Waals surface area contributed by atoms with Crippen LogP contribution in [-0.4, -0.2) is 36.5 Å². The highest BCUT2D eigenvalue weighted by molar-refractivity contribution is 6.30. The van der Waals surface area contributed by atoms with E-state index in [-0.39, 0.29) is 36.6 Å². The SMILES string of the molecule is CC(CN)C(=O)NCC1CCCCN1Cc1cccc(Cl)c1.Cl.Cl. The maximum Gasteiger partial charge on any atom is 0.224 e. The van der Waals surface area contributed by atoms with E-state index in [0.717, 1.165) is 24.5 Å². The second kappa shape index (κ2) is 11.9. The third-order valence-electron chi connectivity index (χ3n) is 4.34. The molecule has 0 saturated carbocycles. The lowest BCUT2D eigenvalue weighted by Gasteiger charge is -2.36. The molecule has 1 aromatic rings. The maximum absolute atomic E-state index is 11.9. The highest BCUT2D eigenvalue weighted by Gasteiger charge is 2.23. The average Bonchev–Trinajstić information content (AvgIpc) is 2.53. The number of likely N-dealkylation sites (tertiary alicyclic amines) is 1. The Morgan fingerprint density at radius 2 is 2.17 bits per heavy atom. The smallest absolute Gasteiger partial charge is 0.224 e. The van der Waals surface area contributed by atoms with Crippen LogP contribution in [0.2, 0.25) is 5.02 Å². The van der Waals surface area contributed by atoms with Crippen molar-refractivity contribution in [3.05, 3.63) is 34.9 Å². The highest BCUT2D eigenvalue weighted by Crippen LogP contribution is 2.20. The van der Waals surface area contributed by atoms with Crippen molar-refractivity contribution in [3.63, 3.8) is 0 Å². The number of carbonyl (C=O) groups is 1. The lowest BCUT2D eigenvalue weighted by molar-refractivity contribution is -0.124. The molecule has 2 atom stereocenters. The Kier molecular flexibility index (Phi) is 11.7. The topological polar surface area (TPSA) is 58.4 Å². The van der Waals surface area contributed by atoms with Crippen molar-refractivity contribution >= 4 is 42.3 Å². The van der Waals surface area contributed by atoms with Crippen LogP contribution < -0.4 is 11.1 Å². The Morgan fingerprint density at radius 1 is 1.42 bits per heavy atom. The van der Waals surface area contributed by atoms with E-state index in [2.05, 4.69) is 16.3 Å². The minimum Gasteiger partial charge on any atom is -0.354 e. The normalized spacial score (nSPS) is 18.9. The van der Waals surface area contributed by atoms with E-state index < -0.39 is 0 Å². The van der Waals surface area contributed by atoms with Crippen molar-refractivity contribution < 1.29 is 4.79 Å². The predicted octanol–water partition coefficient (Wildman–Crippen LogP) is 3.25. The summed E-state index contributed by atoms with van der Waals surface area (Å²) in [5, 5.41) is 3.82. The molecule has 2 unspecified atom stereocenters. The molecular weight excluding hydrogens is 369 g/mol. The first kappa shape index (κ1) is 23.5. The van der Waals surface area contributed by atoms with Crippen LogP contribution in [0, 0.1) is 5.92 Å². The van der Waals surface area contributed by atoms with E-state index in [4.69, 9.17) is 17.3 Å². The van der Waals surface area contributed by atoms with Crippen LogP contribution in [-0.2, 0) is 11.3 Å². The van der Waals surface area contributed by atoms with Gasteiger partial charge in [-0.25, -0.2) is 0 Å². The van der Waals surface area contributed by atoms with E-state index in [0.29, 0.717) is 19.1 Å². The molecule has 24 heavy (non-hydrogen) atoms. The molecule has 1 fully saturated rings. The first-order valence-electron chi connectivity index (χ1n) is 8.06. The zero-order valence-electron chi connectivity index (χ0n) is 14.0. The molecular formula is C17H28Cl3N3O. The molecule has 1 heterocycles. The lowest BCUT2D eigenvalue weighted by Crippen LogP contribution is -2.47. The van der Waals surface area contributed by atoms with Gasteiger partial charge in [0.15, 0.2) is 0 Å². The van der Waals surface area contributed by atoms with E-state index in [1.165, 1.54) is 18.4 Å². The number of nitrogens with zero attached hydrogens (tertiary/aromatic N) is 1. The van der Waals surface area contributed by atoms with Crippen LogP contribution >= 0.6 is 36.4 Å². The van der Waals surface area contributed by atoms with Gasteiger partial charge in [-0.15, -0.1) is 24.8 Å².